The van der Waals surface area contributed by atoms with E-state index in [2.05, 4.69) is 49.7 Å². The summed E-state index contributed by atoms with van der Waals surface area (Å²) in [6.07, 6.45) is 2.34. The van der Waals surface area contributed by atoms with Crippen molar-refractivity contribution in [3.05, 3.63) is 0 Å². The first-order valence-corrected chi connectivity index (χ1v) is 10.8. The van der Waals surface area contributed by atoms with Crippen molar-refractivity contribution in [1.29, 1.82) is 5.26 Å². The predicted octanol–water partition coefficient (Wildman–Crippen LogP) is 2.44. The highest BCUT2D eigenvalue weighted by molar-refractivity contribution is 6.90. The molecule has 0 rings (SSSR count). The number of rotatable bonds is 2. The van der Waals surface area contributed by atoms with Crippen LogP contribution in [-0.2, 0) is 0 Å². The lowest BCUT2D eigenvalue weighted by molar-refractivity contribution is 0.853. The molecule has 2 nitrogen and oxygen atoms in total. The van der Waals surface area contributed by atoms with Crippen molar-refractivity contribution in [3.63, 3.8) is 0 Å². The quantitative estimate of drug-likeness (QED) is 0.376. The van der Waals surface area contributed by atoms with Gasteiger partial charge < -0.3 is 4.23 Å². The number of nitrogens with zero attached hydrogens (tertiary/aromatic N) is 2. The lowest BCUT2D eigenvalue weighted by Crippen LogP contribution is -2.56. The van der Waals surface area contributed by atoms with Crippen molar-refractivity contribution in [3.8, 4) is 6.19 Å². The van der Waals surface area contributed by atoms with Crippen LogP contribution in [-0.4, -0.2) is 20.7 Å². The maximum Gasteiger partial charge on any atom is 0.161 e. The summed E-state index contributed by atoms with van der Waals surface area (Å²) in [4.78, 5) is 0. The van der Waals surface area contributed by atoms with E-state index in [0.29, 0.717) is 0 Å². The topological polar surface area (TPSA) is 27.0 Å². The molecular formula is C7H18N2Si2. The van der Waals surface area contributed by atoms with E-state index in [1.165, 1.54) is 0 Å². The summed E-state index contributed by atoms with van der Waals surface area (Å²) >= 11 is 0. The third kappa shape index (κ3) is 3.08. The van der Waals surface area contributed by atoms with E-state index in [4.69, 9.17) is 5.26 Å². The van der Waals surface area contributed by atoms with Crippen LogP contribution in [0, 0.1) is 11.5 Å². The molecule has 0 aliphatic rings. The maximum atomic E-state index is 8.94. The molecule has 11 heavy (non-hydrogen) atoms. The Bertz CT molecular complexity index is 156. The van der Waals surface area contributed by atoms with Crippen LogP contribution in [0.15, 0.2) is 0 Å². The van der Waals surface area contributed by atoms with Gasteiger partial charge in [-0.1, -0.05) is 39.3 Å². The van der Waals surface area contributed by atoms with Crippen molar-refractivity contribution in [2.24, 2.45) is 0 Å². The first kappa shape index (κ1) is 10.7. The standard InChI is InChI=1S/C7H18N2Si2/c1-10(2,3)9(7-8)11(4,5)6/h1-6H3. The van der Waals surface area contributed by atoms with Gasteiger partial charge in [0.1, 0.15) is 16.5 Å². The van der Waals surface area contributed by atoms with Crippen LogP contribution in [0.2, 0.25) is 39.3 Å². The van der Waals surface area contributed by atoms with Gasteiger partial charge in [0.05, 0.1) is 0 Å². The lowest BCUT2D eigenvalue weighted by atomic mass is 11.5. The molecule has 0 N–H and O–H groups in total. The average molecular weight is 186 g/mol. The molecule has 0 spiro atoms. The minimum atomic E-state index is -1.39. The zero-order chi connectivity index (χ0) is 9.28. The van der Waals surface area contributed by atoms with Gasteiger partial charge in [-0.2, -0.15) is 5.26 Å². The van der Waals surface area contributed by atoms with E-state index in [0.717, 1.165) is 0 Å². The summed E-state index contributed by atoms with van der Waals surface area (Å²) in [5.41, 5.74) is 0. The van der Waals surface area contributed by atoms with Gasteiger partial charge in [0.15, 0.2) is 6.19 Å². The molecule has 0 atom stereocenters. The second-order valence-corrected chi connectivity index (χ2v) is 14.8. The molecule has 0 aromatic heterocycles. The van der Waals surface area contributed by atoms with Gasteiger partial charge in [-0.05, 0) is 0 Å². The second kappa shape index (κ2) is 2.99. The molecule has 0 radical (unpaired) electrons. The molecule has 0 aromatic rings. The molecule has 0 aliphatic heterocycles. The average Bonchev–Trinajstić information content (AvgIpc) is 1.56. The normalized spacial score (nSPS) is 12.5. The Labute approximate surface area is 72.0 Å². The van der Waals surface area contributed by atoms with Gasteiger partial charge in [-0.25, -0.2) is 0 Å². The zero-order valence-electron chi connectivity index (χ0n) is 8.39. The maximum absolute atomic E-state index is 8.94. The van der Waals surface area contributed by atoms with Crippen LogP contribution in [0.25, 0.3) is 0 Å². The van der Waals surface area contributed by atoms with Crippen molar-refractivity contribution in [2.45, 2.75) is 39.3 Å². The van der Waals surface area contributed by atoms with Crippen LogP contribution in [0.4, 0.5) is 0 Å². The first-order valence-electron chi connectivity index (χ1n) is 3.89. The summed E-state index contributed by atoms with van der Waals surface area (Å²) < 4.78 is 2.08. The van der Waals surface area contributed by atoms with E-state index in [9.17, 15) is 0 Å². The van der Waals surface area contributed by atoms with Crippen molar-refractivity contribution >= 4 is 16.5 Å². The van der Waals surface area contributed by atoms with E-state index >= 15 is 0 Å². The van der Waals surface area contributed by atoms with Crippen molar-refractivity contribution < 1.29 is 0 Å². The highest BCUT2D eigenvalue weighted by atomic mass is 28.4. The molecule has 0 saturated heterocycles. The van der Waals surface area contributed by atoms with Gasteiger partial charge in [0.25, 0.3) is 0 Å². The molecule has 0 saturated carbocycles. The predicted molar refractivity (Wildman–Crippen MR) is 54.1 cm³/mol. The van der Waals surface area contributed by atoms with Crippen LogP contribution in [0.3, 0.4) is 0 Å². The molecule has 0 bridgehead atoms. The highest BCUT2D eigenvalue weighted by Crippen LogP contribution is 2.17. The summed E-state index contributed by atoms with van der Waals surface area (Å²) in [5.74, 6) is 0. The summed E-state index contributed by atoms with van der Waals surface area (Å²) in [7, 11) is -2.78. The van der Waals surface area contributed by atoms with Gasteiger partial charge >= 0.3 is 0 Å². The molecule has 0 aromatic carbocycles. The lowest BCUT2D eigenvalue weighted by Gasteiger charge is -2.38. The summed E-state index contributed by atoms with van der Waals surface area (Å²) in [6, 6.07) is 0. The van der Waals surface area contributed by atoms with Crippen LogP contribution in [0.5, 0.6) is 0 Å². The minimum absolute atomic E-state index is 1.39. The van der Waals surface area contributed by atoms with Gasteiger partial charge in [-0.3, -0.25) is 0 Å². The summed E-state index contributed by atoms with van der Waals surface area (Å²) in [6.45, 7) is 13.3. The molecule has 4 heteroatoms. The molecule has 0 fully saturated rings. The fourth-order valence-corrected chi connectivity index (χ4v) is 9.96. The second-order valence-electron chi connectivity index (χ2n) is 4.78. The van der Waals surface area contributed by atoms with Crippen LogP contribution in [0.1, 0.15) is 0 Å². The fraction of sp³-hybridized carbons (Fsp3) is 0.857. The van der Waals surface area contributed by atoms with Crippen LogP contribution >= 0.6 is 0 Å². The van der Waals surface area contributed by atoms with E-state index in [1.54, 1.807) is 0 Å². The summed E-state index contributed by atoms with van der Waals surface area (Å²) in [5, 5.41) is 8.94. The van der Waals surface area contributed by atoms with Gasteiger partial charge in [0.2, 0.25) is 0 Å². The Kier molecular flexibility index (Phi) is 2.92. The molecular weight excluding hydrogens is 168 g/mol. The largest absolute Gasteiger partial charge is 0.364 e. The van der Waals surface area contributed by atoms with E-state index in [-0.39, 0.29) is 0 Å². The minimum Gasteiger partial charge on any atom is -0.364 e. The Morgan fingerprint density at radius 3 is 1.18 bits per heavy atom. The Morgan fingerprint density at radius 2 is 1.18 bits per heavy atom. The van der Waals surface area contributed by atoms with E-state index < -0.39 is 16.5 Å². The highest BCUT2D eigenvalue weighted by Gasteiger charge is 2.33. The molecule has 0 aliphatic carbocycles. The Balaban J connectivity index is 4.60. The van der Waals surface area contributed by atoms with Gasteiger partial charge in [0, 0.05) is 0 Å². The number of hydrogen-bond donors (Lipinski definition) is 0. The molecule has 0 heterocycles. The third-order valence-electron chi connectivity index (χ3n) is 1.44. The van der Waals surface area contributed by atoms with Crippen LogP contribution < -0.4 is 0 Å². The molecule has 0 amide bonds. The first-order chi connectivity index (χ1) is 4.69. The zero-order valence-corrected chi connectivity index (χ0v) is 10.4. The van der Waals surface area contributed by atoms with Crippen molar-refractivity contribution in [2.75, 3.05) is 0 Å². The third-order valence-corrected chi connectivity index (χ3v) is 8.35. The van der Waals surface area contributed by atoms with Crippen molar-refractivity contribution in [1.82, 2.24) is 4.23 Å². The van der Waals surface area contributed by atoms with E-state index in [1.807, 2.05) is 0 Å². The number of nitriles is 1. The Morgan fingerprint density at radius 1 is 0.909 bits per heavy atom. The van der Waals surface area contributed by atoms with Gasteiger partial charge in [-0.15, -0.1) is 0 Å². The Hall–Kier alpha value is -0.276. The number of hydrogen-bond acceptors (Lipinski definition) is 2. The molecule has 0 unspecified atom stereocenters. The monoisotopic (exact) mass is 186 g/mol. The fourth-order valence-electron chi connectivity index (χ4n) is 1.31. The SMILES string of the molecule is C[Si](C)(C)N(C#N)[Si](C)(C)C. The smallest absolute Gasteiger partial charge is 0.161 e. The molecule has 64 valence electrons.